The predicted molar refractivity (Wildman–Crippen MR) is 79.0 cm³/mol. The Hall–Kier alpha value is -1.40. The third kappa shape index (κ3) is 3.83. The highest BCUT2D eigenvalue weighted by Gasteiger charge is 2.23. The van der Waals surface area contributed by atoms with Crippen molar-refractivity contribution >= 4 is 5.91 Å². The first-order chi connectivity index (χ1) is 10.3. The van der Waals surface area contributed by atoms with Gasteiger partial charge in [0.15, 0.2) is 0 Å². The number of carbonyl (C=O) groups excluding carboxylic acids is 1. The van der Waals surface area contributed by atoms with Gasteiger partial charge in [-0.1, -0.05) is 0 Å². The number of hydrogen-bond acceptors (Lipinski definition) is 4. The average Bonchev–Trinajstić information content (AvgIpc) is 3.08. The Labute approximate surface area is 125 Å². The molecule has 3 heterocycles. The molecule has 1 aromatic rings. The predicted octanol–water partition coefficient (Wildman–Crippen LogP) is 0.838. The number of hydrogen-bond donors (Lipinski definition) is 1. The SMILES string of the molecule is O=C(CCN1CCC[C@H](c2ccn[nH]2)C1)N1CCOCC1. The van der Waals surface area contributed by atoms with Gasteiger partial charge in [-0.05, 0) is 25.5 Å². The number of aromatic amines is 1. The topological polar surface area (TPSA) is 61.5 Å². The first kappa shape index (κ1) is 14.5. The number of ether oxygens (including phenoxy) is 1. The zero-order chi connectivity index (χ0) is 14.5. The Morgan fingerprint density at radius 1 is 1.38 bits per heavy atom. The van der Waals surface area contributed by atoms with Gasteiger partial charge in [0.05, 0.1) is 13.2 Å². The molecule has 21 heavy (non-hydrogen) atoms. The molecule has 6 nitrogen and oxygen atoms in total. The molecule has 0 spiro atoms. The third-order valence-corrected chi connectivity index (χ3v) is 4.47. The highest BCUT2D eigenvalue weighted by Crippen LogP contribution is 2.25. The Kier molecular flexibility index (Phi) is 4.87. The van der Waals surface area contributed by atoms with Crippen LogP contribution in [-0.2, 0) is 9.53 Å². The highest BCUT2D eigenvalue weighted by molar-refractivity contribution is 5.76. The smallest absolute Gasteiger partial charge is 0.224 e. The number of piperidine rings is 1. The number of rotatable bonds is 4. The lowest BCUT2D eigenvalue weighted by Crippen LogP contribution is -2.43. The number of nitrogens with one attached hydrogen (secondary N) is 1. The van der Waals surface area contributed by atoms with Crippen molar-refractivity contribution in [2.45, 2.75) is 25.2 Å². The Morgan fingerprint density at radius 3 is 3.00 bits per heavy atom. The number of likely N-dealkylation sites (tertiary alicyclic amines) is 1. The van der Waals surface area contributed by atoms with Crippen molar-refractivity contribution in [3.63, 3.8) is 0 Å². The molecule has 2 aliphatic heterocycles. The summed E-state index contributed by atoms with van der Waals surface area (Å²) in [7, 11) is 0. The van der Waals surface area contributed by atoms with Gasteiger partial charge in [0.1, 0.15) is 0 Å². The quantitative estimate of drug-likeness (QED) is 0.893. The molecular weight excluding hydrogens is 268 g/mol. The molecule has 2 saturated heterocycles. The minimum atomic E-state index is 0.266. The maximum atomic E-state index is 12.2. The molecule has 1 aromatic heterocycles. The van der Waals surface area contributed by atoms with Crippen molar-refractivity contribution in [1.82, 2.24) is 20.0 Å². The van der Waals surface area contributed by atoms with Gasteiger partial charge >= 0.3 is 0 Å². The van der Waals surface area contributed by atoms with E-state index < -0.39 is 0 Å². The van der Waals surface area contributed by atoms with Gasteiger partial charge in [0.2, 0.25) is 5.91 Å². The van der Waals surface area contributed by atoms with Crippen molar-refractivity contribution in [1.29, 1.82) is 0 Å². The minimum Gasteiger partial charge on any atom is -0.378 e. The Balaban J connectivity index is 1.45. The lowest BCUT2D eigenvalue weighted by molar-refractivity contribution is -0.135. The standard InChI is InChI=1S/C15H24N4O2/c20-15(19-8-10-21-11-9-19)4-7-18-6-1-2-13(12-18)14-3-5-16-17-14/h3,5,13H,1-2,4,6-12H2,(H,16,17)/t13-/m0/s1. The molecule has 2 fully saturated rings. The number of amides is 1. The summed E-state index contributed by atoms with van der Waals surface area (Å²) in [6, 6.07) is 2.06. The third-order valence-electron chi connectivity index (χ3n) is 4.47. The fraction of sp³-hybridized carbons (Fsp3) is 0.733. The lowest BCUT2D eigenvalue weighted by atomic mass is 9.95. The summed E-state index contributed by atoms with van der Waals surface area (Å²) in [6.07, 6.45) is 4.83. The molecule has 1 atom stereocenters. The minimum absolute atomic E-state index is 0.266. The number of morpholine rings is 1. The van der Waals surface area contributed by atoms with Crippen LogP contribution in [0.3, 0.4) is 0 Å². The van der Waals surface area contributed by atoms with Crippen LogP contribution in [0.2, 0.25) is 0 Å². The largest absolute Gasteiger partial charge is 0.378 e. The molecule has 1 amide bonds. The van der Waals surface area contributed by atoms with E-state index in [0.717, 1.165) is 32.7 Å². The Morgan fingerprint density at radius 2 is 2.24 bits per heavy atom. The fourth-order valence-electron chi connectivity index (χ4n) is 3.23. The number of carbonyl (C=O) groups is 1. The molecule has 0 radical (unpaired) electrons. The summed E-state index contributed by atoms with van der Waals surface area (Å²) < 4.78 is 5.29. The van der Waals surface area contributed by atoms with E-state index >= 15 is 0 Å². The van der Waals surface area contributed by atoms with Crippen molar-refractivity contribution in [3.8, 4) is 0 Å². The maximum absolute atomic E-state index is 12.2. The van der Waals surface area contributed by atoms with E-state index in [1.54, 1.807) is 0 Å². The van der Waals surface area contributed by atoms with E-state index in [2.05, 4.69) is 21.2 Å². The molecule has 0 aliphatic carbocycles. The van der Waals surface area contributed by atoms with Crippen LogP contribution in [0.4, 0.5) is 0 Å². The molecule has 1 N–H and O–H groups in total. The van der Waals surface area contributed by atoms with Crippen molar-refractivity contribution in [2.24, 2.45) is 0 Å². The molecule has 0 saturated carbocycles. The second-order valence-electron chi connectivity index (χ2n) is 5.89. The number of aromatic nitrogens is 2. The van der Waals surface area contributed by atoms with Gasteiger partial charge in [-0.3, -0.25) is 9.89 Å². The Bertz CT molecular complexity index is 443. The summed E-state index contributed by atoms with van der Waals surface area (Å²) in [4.78, 5) is 16.5. The van der Waals surface area contributed by atoms with E-state index in [1.807, 2.05) is 11.1 Å². The van der Waals surface area contributed by atoms with Gasteiger partial charge in [-0.25, -0.2) is 0 Å². The summed E-state index contributed by atoms with van der Waals surface area (Å²) in [6.45, 7) is 5.83. The van der Waals surface area contributed by atoms with Crippen LogP contribution in [0.5, 0.6) is 0 Å². The second-order valence-corrected chi connectivity index (χ2v) is 5.89. The fourth-order valence-corrected chi connectivity index (χ4v) is 3.23. The van der Waals surface area contributed by atoms with Crippen LogP contribution in [0, 0.1) is 0 Å². The number of H-pyrrole nitrogens is 1. The first-order valence-corrected chi connectivity index (χ1v) is 7.90. The van der Waals surface area contributed by atoms with Gasteiger partial charge in [0, 0.05) is 50.4 Å². The van der Waals surface area contributed by atoms with Gasteiger partial charge < -0.3 is 14.5 Å². The molecule has 6 heteroatoms. The van der Waals surface area contributed by atoms with E-state index in [0.29, 0.717) is 25.6 Å². The van der Waals surface area contributed by atoms with Crippen LogP contribution in [0.15, 0.2) is 12.3 Å². The summed E-state index contributed by atoms with van der Waals surface area (Å²) >= 11 is 0. The molecule has 116 valence electrons. The first-order valence-electron chi connectivity index (χ1n) is 7.90. The van der Waals surface area contributed by atoms with Crippen molar-refractivity contribution in [3.05, 3.63) is 18.0 Å². The molecule has 0 unspecified atom stereocenters. The molecule has 3 rings (SSSR count). The van der Waals surface area contributed by atoms with Crippen LogP contribution in [-0.4, -0.2) is 71.8 Å². The zero-order valence-electron chi connectivity index (χ0n) is 12.5. The molecular formula is C15H24N4O2. The van der Waals surface area contributed by atoms with E-state index in [9.17, 15) is 4.79 Å². The van der Waals surface area contributed by atoms with E-state index in [1.165, 1.54) is 18.5 Å². The normalized spacial score (nSPS) is 24.2. The van der Waals surface area contributed by atoms with Gasteiger partial charge in [-0.2, -0.15) is 5.10 Å². The zero-order valence-corrected chi connectivity index (χ0v) is 12.5. The summed E-state index contributed by atoms with van der Waals surface area (Å²) in [5, 5.41) is 7.12. The van der Waals surface area contributed by atoms with Crippen LogP contribution in [0.1, 0.15) is 30.9 Å². The maximum Gasteiger partial charge on any atom is 0.224 e. The highest BCUT2D eigenvalue weighted by atomic mass is 16.5. The lowest BCUT2D eigenvalue weighted by Gasteiger charge is -2.33. The van der Waals surface area contributed by atoms with Gasteiger partial charge in [-0.15, -0.1) is 0 Å². The summed E-state index contributed by atoms with van der Waals surface area (Å²) in [5.41, 5.74) is 1.22. The monoisotopic (exact) mass is 292 g/mol. The van der Waals surface area contributed by atoms with Crippen molar-refractivity contribution in [2.75, 3.05) is 45.9 Å². The molecule has 0 bridgehead atoms. The second kappa shape index (κ2) is 7.04. The molecule has 0 aromatic carbocycles. The van der Waals surface area contributed by atoms with Crippen LogP contribution >= 0.6 is 0 Å². The van der Waals surface area contributed by atoms with Crippen molar-refractivity contribution < 1.29 is 9.53 Å². The van der Waals surface area contributed by atoms with Gasteiger partial charge in [0.25, 0.3) is 0 Å². The van der Waals surface area contributed by atoms with Crippen LogP contribution < -0.4 is 0 Å². The number of nitrogens with zero attached hydrogens (tertiary/aromatic N) is 3. The van der Waals surface area contributed by atoms with E-state index in [-0.39, 0.29) is 5.91 Å². The molecule has 2 aliphatic rings. The van der Waals surface area contributed by atoms with E-state index in [4.69, 9.17) is 4.74 Å². The summed E-state index contributed by atoms with van der Waals surface area (Å²) in [5.74, 6) is 0.793. The van der Waals surface area contributed by atoms with Crippen LogP contribution in [0.25, 0.3) is 0 Å². The average molecular weight is 292 g/mol.